The van der Waals surface area contributed by atoms with Crippen LogP contribution >= 0.6 is 11.8 Å². The molecular formula is C26H27NO3S. The Morgan fingerprint density at radius 1 is 0.742 bits per heavy atom. The van der Waals surface area contributed by atoms with Crippen LogP contribution in [0.25, 0.3) is 0 Å². The Morgan fingerprint density at radius 3 is 1.74 bits per heavy atom. The van der Waals surface area contributed by atoms with Crippen molar-refractivity contribution in [2.24, 2.45) is 5.16 Å². The minimum Gasteiger partial charge on any atom is -0.497 e. The van der Waals surface area contributed by atoms with Crippen molar-refractivity contribution in [3.63, 3.8) is 0 Å². The molecule has 0 spiro atoms. The van der Waals surface area contributed by atoms with E-state index in [1.165, 1.54) is 11.1 Å². The van der Waals surface area contributed by atoms with Gasteiger partial charge in [-0.15, -0.1) is 11.8 Å². The SMILES string of the molecule is COc1ccc([C@@H]2CC(=NOCc3ccccc3)C[C@@H](c3ccc(OC)cc3)S2)cc1. The van der Waals surface area contributed by atoms with Gasteiger partial charge in [-0.05, 0) is 41.0 Å². The Labute approximate surface area is 188 Å². The minimum absolute atomic E-state index is 0.311. The van der Waals surface area contributed by atoms with Gasteiger partial charge in [0.05, 0.1) is 19.9 Å². The van der Waals surface area contributed by atoms with Crippen LogP contribution in [0.5, 0.6) is 11.5 Å². The normalized spacial score (nSPS) is 18.3. The Hall–Kier alpha value is -2.92. The van der Waals surface area contributed by atoms with Crippen molar-refractivity contribution in [2.45, 2.75) is 29.9 Å². The third kappa shape index (κ3) is 5.61. The fourth-order valence-corrected chi connectivity index (χ4v) is 5.29. The van der Waals surface area contributed by atoms with Gasteiger partial charge >= 0.3 is 0 Å². The fraction of sp³-hybridized carbons (Fsp3) is 0.269. The van der Waals surface area contributed by atoms with Gasteiger partial charge in [-0.2, -0.15) is 0 Å². The van der Waals surface area contributed by atoms with Crippen molar-refractivity contribution in [2.75, 3.05) is 14.2 Å². The predicted molar refractivity (Wildman–Crippen MR) is 127 cm³/mol. The molecule has 1 aliphatic rings. The summed E-state index contributed by atoms with van der Waals surface area (Å²) < 4.78 is 10.6. The molecule has 0 N–H and O–H groups in total. The topological polar surface area (TPSA) is 40.0 Å². The summed E-state index contributed by atoms with van der Waals surface area (Å²) in [7, 11) is 3.39. The van der Waals surface area contributed by atoms with E-state index in [4.69, 9.17) is 14.3 Å². The van der Waals surface area contributed by atoms with E-state index < -0.39 is 0 Å². The molecule has 1 saturated heterocycles. The summed E-state index contributed by atoms with van der Waals surface area (Å²) >= 11 is 1.98. The molecular weight excluding hydrogens is 406 g/mol. The molecule has 3 aromatic rings. The summed E-state index contributed by atoms with van der Waals surface area (Å²) in [6.07, 6.45) is 1.75. The fourth-order valence-electron chi connectivity index (χ4n) is 3.68. The van der Waals surface area contributed by atoms with Gasteiger partial charge in [-0.3, -0.25) is 0 Å². The number of hydrogen-bond acceptors (Lipinski definition) is 5. The molecule has 0 saturated carbocycles. The second-order valence-electron chi connectivity index (χ2n) is 7.48. The molecule has 5 heteroatoms. The first-order valence-corrected chi connectivity index (χ1v) is 11.3. The molecule has 160 valence electrons. The summed E-state index contributed by atoms with van der Waals surface area (Å²) in [5, 5.41) is 5.17. The first kappa shape index (κ1) is 21.3. The molecule has 0 unspecified atom stereocenters. The Morgan fingerprint density at radius 2 is 1.26 bits per heavy atom. The second kappa shape index (κ2) is 10.4. The molecule has 0 amide bonds. The Balaban J connectivity index is 1.53. The van der Waals surface area contributed by atoms with Crippen LogP contribution in [0, 0.1) is 0 Å². The molecule has 1 aliphatic heterocycles. The number of methoxy groups -OCH3 is 2. The lowest BCUT2D eigenvalue weighted by Gasteiger charge is -2.30. The summed E-state index contributed by atoms with van der Waals surface area (Å²) in [6.45, 7) is 0.484. The lowest BCUT2D eigenvalue weighted by atomic mass is 9.99. The first-order valence-electron chi connectivity index (χ1n) is 10.4. The second-order valence-corrected chi connectivity index (χ2v) is 8.89. The smallest absolute Gasteiger partial charge is 0.142 e. The average molecular weight is 434 g/mol. The number of thioether (sulfide) groups is 1. The van der Waals surface area contributed by atoms with Gasteiger partial charge in [-0.25, -0.2) is 0 Å². The third-order valence-electron chi connectivity index (χ3n) is 5.41. The number of hydrogen-bond donors (Lipinski definition) is 0. The maximum Gasteiger partial charge on any atom is 0.142 e. The monoisotopic (exact) mass is 433 g/mol. The van der Waals surface area contributed by atoms with Crippen molar-refractivity contribution in [3.8, 4) is 11.5 Å². The molecule has 0 bridgehead atoms. The molecule has 0 radical (unpaired) electrons. The van der Waals surface area contributed by atoms with Gasteiger partial charge in [0.2, 0.25) is 0 Å². The summed E-state index contributed by atoms with van der Waals surface area (Å²) in [6, 6.07) is 26.8. The van der Waals surface area contributed by atoms with Crippen LogP contribution < -0.4 is 9.47 Å². The number of benzene rings is 3. The molecule has 4 nitrogen and oxygen atoms in total. The standard InChI is InChI=1S/C26H27NO3S/c1-28-23-12-8-20(9-13-23)25-16-22(27-30-18-19-6-4-3-5-7-19)17-26(31-25)21-10-14-24(29-2)15-11-21/h3-15,25-26H,16-18H2,1-2H3/t25-,26-/m0/s1. The molecule has 2 atom stereocenters. The summed E-state index contributed by atoms with van der Waals surface area (Å²) in [4.78, 5) is 5.74. The number of ether oxygens (including phenoxy) is 2. The van der Waals surface area contributed by atoms with Gasteiger partial charge in [0.25, 0.3) is 0 Å². The van der Waals surface area contributed by atoms with Crippen LogP contribution in [0.4, 0.5) is 0 Å². The van der Waals surface area contributed by atoms with Crippen LogP contribution in [-0.4, -0.2) is 19.9 Å². The lowest BCUT2D eigenvalue weighted by Crippen LogP contribution is -2.17. The summed E-state index contributed by atoms with van der Waals surface area (Å²) in [5.74, 6) is 1.74. The highest BCUT2D eigenvalue weighted by Gasteiger charge is 2.29. The quantitative estimate of drug-likeness (QED) is 0.394. The zero-order chi connectivity index (χ0) is 21.5. The molecule has 0 aliphatic carbocycles. The van der Waals surface area contributed by atoms with Gasteiger partial charge in [0.1, 0.15) is 18.1 Å². The van der Waals surface area contributed by atoms with Gasteiger partial charge in [0, 0.05) is 23.3 Å². The molecule has 4 rings (SSSR count). The van der Waals surface area contributed by atoms with Gasteiger partial charge in [0.15, 0.2) is 0 Å². The third-order valence-corrected chi connectivity index (χ3v) is 6.95. The van der Waals surface area contributed by atoms with Crippen LogP contribution in [0.2, 0.25) is 0 Å². The molecule has 31 heavy (non-hydrogen) atoms. The highest BCUT2D eigenvalue weighted by molar-refractivity contribution is 7.99. The largest absolute Gasteiger partial charge is 0.497 e. The maximum absolute atomic E-state index is 5.74. The van der Waals surface area contributed by atoms with Crippen molar-refractivity contribution >= 4 is 17.5 Å². The molecule has 3 aromatic carbocycles. The van der Waals surface area contributed by atoms with E-state index in [2.05, 4.69) is 41.6 Å². The van der Waals surface area contributed by atoms with E-state index in [-0.39, 0.29) is 0 Å². The van der Waals surface area contributed by atoms with E-state index in [0.717, 1.165) is 35.6 Å². The van der Waals surface area contributed by atoms with E-state index in [1.807, 2.05) is 54.2 Å². The molecule has 1 fully saturated rings. The molecule has 1 heterocycles. The first-order chi connectivity index (χ1) is 15.2. The van der Waals surface area contributed by atoms with Gasteiger partial charge < -0.3 is 14.3 Å². The number of oxime groups is 1. The highest BCUT2D eigenvalue weighted by Crippen LogP contribution is 2.49. The Kier molecular flexibility index (Phi) is 7.15. The van der Waals surface area contributed by atoms with Crippen LogP contribution in [0.1, 0.15) is 40.0 Å². The van der Waals surface area contributed by atoms with Crippen LogP contribution in [0.15, 0.2) is 84.0 Å². The lowest BCUT2D eigenvalue weighted by molar-refractivity contribution is 0.129. The zero-order valence-electron chi connectivity index (χ0n) is 17.9. The number of rotatable bonds is 7. The zero-order valence-corrected chi connectivity index (χ0v) is 18.7. The van der Waals surface area contributed by atoms with E-state index in [0.29, 0.717) is 17.1 Å². The highest BCUT2D eigenvalue weighted by atomic mass is 32.2. The maximum atomic E-state index is 5.74. The van der Waals surface area contributed by atoms with Crippen molar-refractivity contribution in [3.05, 3.63) is 95.6 Å². The van der Waals surface area contributed by atoms with Crippen molar-refractivity contribution in [1.29, 1.82) is 0 Å². The number of nitrogens with zero attached hydrogens (tertiary/aromatic N) is 1. The van der Waals surface area contributed by atoms with Crippen LogP contribution in [0.3, 0.4) is 0 Å². The Bertz CT molecular complexity index is 930. The predicted octanol–water partition coefficient (Wildman–Crippen LogP) is 6.59. The average Bonchev–Trinajstić information content (AvgIpc) is 2.84. The minimum atomic E-state index is 0.311. The van der Waals surface area contributed by atoms with Crippen LogP contribution in [-0.2, 0) is 11.4 Å². The molecule has 0 aromatic heterocycles. The van der Waals surface area contributed by atoms with E-state index in [9.17, 15) is 0 Å². The van der Waals surface area contributed by atoms with E-state index >= 15 is 0 Å². The van der Waals surface area contributed by atoms with Crippen molar-refractivity contribution < 1.29 is 14.3 Å². The van der Waals surface area contributed by atoms with E-state index in [1.54, 1.807) is 14.2 Å². The summed E-state index contributed by atoms with van der Waals surface area (Å²) in [5.41, 5.74) is 4.77. The van der Waals surface area contributed by atoms with Gasteiger partial charge in [-0.1, -0.05) is 59.8 Å². The van der Waals surface area contributed by atoms with Crippen molar-refractivity contribution in [1.82, 2.24) is 0 Å².